The molecule has 4 heterocycles. The first-order valence-electron chi connectivity index (χ1n) is 19.0. The number of esters is 1. The van der Waals surface area contributed by atoms with Crippen molar-refractivity contribution in [2.24, 2.45) is 0 Å². The summed E-state index contributed by atoms with van der Waals surface area (Å²) in [6.07, 6.45) is 3.49. The monoisotopic (exact) mass is 805 g/mol. The quantitative estimate of drug-likeness (QED) is 0.0799. The molecule has 1 aromatic heterocycles. The number of benzene rings is 1. The molecule has 3 aliphatic rings. The van der Waals surface area contributed by atoms with E-state index < -0.39 is 0 Å². The lowest BCUT2D eigenvalue weighted by Crippen LogP contribution is -2.48. The highest BCUT2D eigenvalue weighted by Gasteiger charge is 2.42. The maximum atomic E-state index is 12.0. The van der Waals surface area contributed by atoms with Crippen LogP contribution < -0.4 is 30.3 Å². The zero-order chi connectivity index (χ0) is 38.8. The SMILES string of the molecule is CCC(=O)Nc1cccc(Sc2c(OC)nc(N3CCN(CCOCCOCCOCCOC(=O)CCCCC4SCC5NC(=O)NC54)CC3)nc2OC)c1. The van der Waals surface area contributed by atoms with Crippen molar-refractivity contribution in [3.8, 4) is 11.8 Å². The van der Waals surface area contributed by atoms with Crippen LogP contribution >= 0.6 is 23.5 Å². The number of aromatic nitrogens is 2. The van der Waals surface area contributed by atoms with Gasteiger partial charge in [-0.25, -0.2) is 4.79 Å². The standard InChI is InChI=1S/C37H55N7O9S2/c1-4-30(45)38-26-8-7-9-27(24-26)55-33-34(48-2)41-36(42-35(33)49-3)44-14-12-43(13-15-44)16-17-50-18-19-51-20-21-52-22-23-53-31(46)11-6-5-10-29-32-28(25-54-29)39-37(47)40-32/h7-9,24,28-29,32H,4-6,10-23,25H2,1-3H3,(H,38,45)(H2,39,40,47). The van der Waals surface area contributed by atoms with Crippen LogP contribution in [0.4, 0.5) is 16.4 Å². The third-order valence-electron chi connectivity index (χ3n) is 9.34. The van der Waals surface area contributed by atoms with Gasteiger partial charge in [-0.2, -0.15) is 21.7 Å². The van der Waals surface area contributed by atoms with Gasteiger partial charge in [-0.3, -0.25) is 14.5 Å². The topological polar surface area (TPSA) is 175 Å². The molecule has 0 saturated carbocycles. The number of thioether (sulfide) groups is 1. The van der Waals surface area contributed by atoms with Crippen molar-refractivity contribution in [1.29, 1.82) is 0 Å². The summed E-state index contributed by atoms with van der Waals surface area (Å²) in [5.74, 6) is 2.10. The van der Waals surface area contributed by atoms with Gasteiger partial charge in [-0.1, -0.05) is 31.2 Å². The van der Waals surface area contributed by atoms with Gasteiger partial charge in [0.05, 0.1) is 65.9 Å². The minimum atomic E-state index is -0.206. The van der Waals surface area contributed by atoms with Crippen LogP contribution in [-0.2, 0) is 28.5 Å². The van der Waals surface area contributed by atoms with E-state index >= 15 is 0 Å². The minimum Gasteiger partial charge on any atom is -0.480 e. The maximum Gasteiger partial charge on any atom is 0.315 e. The summed E-state index contributed by atoms with van der Waals surface area (Å²) in [5, 5.41) is 9.25. The van der Waals surface area contributed by atoms with Gasteiger partial charge >= 0.3 is 12.0 Å². The van der Waals surface area contributed by atoms with Crippen molar-refractivity contribution in [3.05, 3.63) is 24.3 Å². The molecule has 5 rings (SSSR count). The Morgan fingerprint density at radius 2 is 1.62 bits per heavy atom. The molecule has 3 N–H and O–H groups in total. The number of fused-ring (bicyclic) bond motifs is 1. The van der Waals surface area contributed by atoms with E-state index in [-0.39, 0.29) is 36.6 Å². The summed E-state index contributed by atoms with van der Waals surface area (Å²) in [7, 11) is 3.17. The Morgan fingerprint density at radius 3 is 2.31 bits per heavy atom. The number of piperazine rings is 1. The Bertz CT molecular complexity index is 1510. The lowest BCUT2D eigenvalue weighted by Gasteiger charge is -2.34. The Balaban J connectivity index is 0.866. The number of anilines is 2. The van der Waals surface area contributed by atoms with Crippen molar-refractivity contribution >= 4 is 53.1 Å². The molecule has 3 aliphatic heterocycles. The van der Waals surface area contributed by atoms with Crippen LogP contribution in [0.5, 0.6) is 11.8 Å². The molecule has 3 atom stereocenters. The Labute approximate surface area is 331 Å². The van der Waals surface area contributed by atoms with Crippen LogP contribution in [0.15, 0.2) is 34.1 Å². The fraction of sp³-hybridized carbons (Fsp3) is 0.649. The molecule has 3 amide bonds. The first kappa shape index (κ1) is 42.6. The molecule has 16 nitrogen and oxygen atoms in total. The van der Waals surface area contributed by atoms with Gasteiger partial charge in [-0.05, 0) is 31.0 Å². The van der Waals surface area contributed by atoms with E-state index in [1.165, 1.54) is 11.8 Å². The van der Waals surface area contributed by atoms with Gasteiger partial charge in [0.25, 0.3) is 0 Å². The van der Waals surface area contributed by atoms with Crippen molar-refractivity contribution in [2.45, 2.75) is 66.2 Å². The van der Waals surface area contributed by atoms with E-state index in [9.17, 15) is 14.4 Å². The third-order valence-corrected chi connectivity index (χ3v) is 11.9. The number of carbonyl (C=O) groups excluding carboxylic acids is 3. The molecule has 0 bridgehead atoms. The molecule has 3 fully saturated rings. The highest BCUT2D eigenvalue weighted by atomic mass is 32.2. The number of hydrogen-bond acceptors (Lipinski definition) is 15. The number of ether oxygens (including phenoxy) is 6. The van der Waals surface area contributed by atoms with Gasteiger partial charge < -0.3 is 49.3 Å². The molecule has 0 aliphatic carbocycles. The largest absolute Gasteiger partial charge is 0.480 e. The number of rotatable bonds is 24. The number of carbonyl (C=O) groups is 3. The fourth-order valence-electron chi connectivity index (χ4n) is 6.36. The zero-order valence-electron chi connectivity index (χ0n) is 32.0. The van der Waals surface area contributed by atoms with Crippen LogP contribution in [0.2, 0.25) is 0 Å². The number of methoxy groups -OCH3 is 2. The first-order valence-corrected chi connectivity index (χ1v) is 20.9. The Kier molecular flexibility index (Phi) is 17.7. The van der Waals surface area contributed by atoms with E-state index in [0.29, 0.717) is 80.3 Å². The van der Waals surface area contributed by atoms with Crippen LogP contribution in [0.1, 0.15) is 39.0 Å². The average molecular weight is 806 g/mol. The molecular weight excluding hydrogens is 751 g/mol. The second-order valence-electron chi connectivity index (χ2n) is 13.2. The normalized spacial score (nSPS) is 19.4. The minimum absolute atomic E-state index is 0.0484. The number of unbranched alkanes of at least 4 members (excludes halogenated alkanes) is 1. The maximum absolute atomic E-state index is 12.0. The Morgan fingerprint density at radius 1 is 0.927 bits per heavy atom. The van der Waals surface area contributed by atoms with Crippen LogP contribution in [0, 0.1) is 0 Å². The van der Waals surface area contributed by atoms with Gasteiger partial charge in [0, 0.05) is 67.2 Å². The molecule has 3 saturated heterocycles. The van der Waals surface area contributed by atoms with Gasteiger partial charge in [0.15, 0.2) is 0 Å². The highest BCUT2D eigenvalue weighted by Crippen LogP contribution is 2.41. The molecule has 2 aromatic rings. The van der Waals surface area contributed by atoms with Crippen molar-refractivity contribution in [3.63, 3.8) is 0 Å². The second kappa shape index (κ2) is 22.9. The van der Waals surface area contributed by atoms with Crippen molar-refractivity contribution in [2.75, 3.05) is 109 Å². The van der Waals surface area contributed by atoms with Crippen LogP contribution in [0.3, 0.4) is 0 Å². The molecular formula is C37H55N7O9S2. The van der Waals surface area contributed by atoms with Crippen molar-refractivity contribution < 1.29 is 42.8 Å². The number of urea groups is 1. The van der Waals surface area contributed by atoms with Gasteiger partial charge in [-0.15, -0.1) is 0 Å². The average Bonchev–Trinajstić information content (AvgIpc) is 3.76. The van der Waals surface area contributed by atoms with Gasteiger partial charge in [0.1, 0.15) is 11.5 Å². The highest BCUT2D eigenvalue weighted by molar-refractivity contribution is 8.00. The van der Waals surface area contributed by atoms with E-state index in [1.807, 2.05) is 43.0 Å². The predicted octanol–water partition coefficient (Wildman–Crippen LogP) is 3.43. The number of nitrogens with one attached hydrogen (secondary N) is 3. The first-order chi connectivity index (χ1) is 26.9. The summed E-state index contributed by atoms with van der Waals surface area (Å²) in [5.41, 5.74) is 0.718. The van der Waals surface area contributed by atoms with Gasteiger partial charge in [0.2, 0.25) is 23.6 Å². The molecule has 304 valence electrons. The fourth-order valence-corrected chi connectivity index (χ4v) is 8.91. The van der Waals surface area contributed by atoms with E-state index in [4.69, 9.17) is 38.4 Å². The van der Waals surface area contributed by atoms with E-state index in [0.717, 1.165) is 68.3 Å². The molecule has 0 spiro atoms. The molecule has 18 heteroatoms. The summed E-state index contributed by atoms with van der Waals surface area (Å²) < 4.78 is 33.5. The van der Waals surface area contributed by atoms with E-state index in [2.05, 4.69) is 25.8 Å². The summed E-state index contributed by atoms with van der Waals surface area (Å²) in [6.45, 7) is 8.83. The molecule has 0 radical (unpaired) electrons. The third kappa shape index (κ3) is 13.6. The predicted molar refractivity (Wildman–Crippen MR) is 211 cm³/mol. The number of amides is 3. The molecule has 55 heavy (non-hydrogen) atoms. The zero-order valence-corrected chi connectivity index (χ0v) is 33.7. The summed E-state index contributed by atoms with van der Waals surface area (Å²) in [4.78, 5) is 50.9. The smallest absolute Gasteiger partial charge is 0.315 e. The van der Waals surface area contributed by atoms with Crippen LogP contribution in [0.25, 0.3) is 0 Å². The summed E-state index contributed by atoms with van der Waals surface area (Å²) >= 11 is 3.31. The summed E-state index contributed by atoms with van der Waals surface area (Å²) in [6, 6.07) is 7.94. The molecule has 3 unspecified atom stereocenters. The van der Waals surface area contributed by atoms with Crippen molar-refractivity contribution in [1.82, 2.24) is 25.5 Å². The second-order valence-corrected chi connectivity index (χ2v) is 15.5. The van der Waals surface area contributed by atoms with E-state index in [1.54, 1.807) is 14.2 Å². The number of hydrogen-bond donors (Lipinski definition) is 3. The Hall–Kier alpha value is -3.55. The molecule has 1 aromatic carbocycles. The van der Waals surface area contributed by atoms with Crippen LogP contribution in [-0.4, -0.2) is 149 Å². The lowest BCUT2D eigenvalue weighted by molar-refractivity contribution is -0.145. The lowest BCUT2D eigenvalue weighted by atomic mass is 10.0. The number of nitrogens with zero attached hydrogens (tertiary/aromatic N) is 4.